The molecule has 64 valence electrons. The molecule has 3 nitrogen and oxygen atoms in total. The maximum absolute atomic E-state index is 11.1. The number of ether oxygens (including phenoxy) is 1. The Bertz CT molecular complexity index is 272. The van der Waals surface area contributed by atoms with E-state index in [0.717, 1.165) is 0 Å². The second-order valence-electron chi connectivity index (χ2n) is 2.26. The Morgan fingerprint density at radius 2 is 2.50 bits per heavy atom. The lowest BCUT2D eigenvalue weighted by Gasteiger charge is -2.01. The van der Waals surface area contributed by atoms with Gasteiger partial charge in [0, 0.05) is 6.42 Å². The van der Waals surface area contributed by atoms with Crippen LogP contribution < -0.4 is 0 Å². The minimum absolute atomic E-state index is 0.199. The standard InChI is InChI=1S/C9H10O3/c1-3-7(2)12-9(10)8-5-4-6-11-8/h4-6H,2-3H2,1H3. The maximum atomic E-state index is 11.1. The molecule has 1 heterocycles. The van der Waals surface area contributed by atoms with Crippen LogP contribution in [0.3, 0.4) is 0 Å². The van der Waals surface area contributed by atoms with Crippen LogP contribution in [0.1, 0.15) is 23.9 Å². The lowest BCUT2D eigenvalue weighted by molar-refractivity contribution is 0.0582. The fourth-order valence-electron chi connectivity index (χ4n) is 0.648. The molecule has 12 heavy (non-hydrogen) atoms. The molecule has 0 bridgehead atoms. The van der Waals surface area contributed by atoms with Gasteiger partial charge in [0.2, 0.25) is 5.76 Å². The van der Waals surface area contributed by atoms with Crippen molar-refractivity contribution < 1.29 is 13.9 Å². The highest BCUT2D eigenvalue weighted by Gasteiger charge is 2.10. The van der Waals surface area contributed by atoms with Gasteiger partial charge in [-0.25, -0.2) is 4.79 Å². The molecule has 0 fully saturated rings. The number of hydrogen-bond acceptors (Lipinski definition) is 3. The predicted octanol–water partition coefficient (Wildman–Crippen LogP) is 2.36. The summed E-state index contributed by atoms with van der Waals surface area (Å²) in [6.45, 7) is 5.40. The highest BCUT2D eigenvalue weighted by Crippen LogP contribution is 2.07. The third-order valence-electron chi connectivity index (χ3n) is 1.35. The van der Waals surface area contributed by atoms with E-state index >= 15 is 0 Å². The van der Waals surface area contributed by atoms with Crippen molar-refractivity contribution in [1.29, 1.82) is 0 Å². The van der Waals surface area contributed by atoms with Crippen LogP contribution in [0.4, 0.5) is 0 Å². The monoisotopic (exact) mass is 166 g/mol. The van der Waals surface area contributed by atoms with Crippen LogP contribution in [-0.4, -0.2) is 5.97 Å². The van der Waals surface area contributed by atoms with Crippen LogP contribution in [0.2, 0.25) is 0 Å². The summed E-state index contributed by atoms with van der Waals surface area (Å²) >= 11 is 0. The minimum Gasteiger partial charge on any atom is -0.457 e. The van der Waals surface area contributed by atoms with Gasteiger partial charge in [-0.15, -0.1) is 0 Å². The second-order valence-corrected chi connectivity index (χ2v) is 2.26. The summed E-state index contributed by atoms with van der Waals surface area (Å²) in [6.07, 6.45) is 2.04. The van der Waals surface area contributed by atoms with E-state index in [0.29, 0.717) is 12.2 Å². The van der Waals surface area contributed by atoms with Gasteiger partial charge in [0.05, 0.1) is 6.26 Å². The zero-order valence-corrected chi connectivity index (χ0v) is 6.87. The Labute approximate surface area is 70.6 Å². The van der Waals surface area contributed by atoms with Crippen molar-refractivity contribution in [3.05, 3.63) is 36.5 Å². The molecule has 0 aliphatic heterocycles. The summed E-state index contributed by atoms with van der Waals surface area (Å²) in [6, 6.07) is 3.18. The van der Waals surface area contributed by atoms with E-state index in [-0.39, 0.29) is 5.76 Å². The van der Waals surface area contributed by atoms with E-state index in [9.17, 15) is 4.79 Å². The van der Waals surface area contributed by atoms with E-state index in [1.54, 1.807) is 12.1 Å². The Hall–Kier alpha value is -1.51. The third kappa shape index (κ3) is 1.99. The van der Waals surface area contributed by atoms with E-state index in [2.05, 4.69) is 6.58 Å². The van der Waals surface area contributed by atoms with E-state index in [1.807, 2.05) is 6.92 Å². The predicted molar refractivity (Wildman–Crippen MR) is 43.6 cm³/mol. The van der Waals surface area contributed by atoms with Gasteiger partial charge >= 0.3 is 5.97 Å². The quantitative estimate of drug-likeness (QED) is 0.511. The zero-order chi connectivity index (χ0) is 8.97. The van der Waals surface area contributed by atoms with E-state index in [4.69, 9.17) is 9.15 Å². The molecule has 0 unspecified atom stereocenters. The summed E-state index contributed by atoms with van der Waals surface area (Å²) < 4.78 is 9.64. The van der Waals surface area contributed by atoms with Crippen LogP contribution in [0.25, 0.3) is 0 Å². The zero-order valence-electron chi connectivity index (χ0n) is 6.87. The van der Waals surface area contributed by atoms with Crippen molar-refractivity contribution in [1.82, 2.24) is 0 Å². The molecule has 3 heteroatoms. The van der Waals surface area contributed by atoms with Crippen molar-refractivity contribution in [2.75, 3.05) is 0 Å². The summed E-state index contributed by atoms with van der Waals surface area (Å²) in [5.74, 6) is 0.146. The molecule has 1 aromatic heterocycles. The molecule has 0 aliphatic rings. The fraction of sp³-hybridized carbons (Fsp3) is 0.222. The van der Waals surface area contributed by atoms with Gasteiger partial charge < -0.3 is 9.15 Å². The molecular formula is C9H10O3. The van der Waals surface area contributed by atoms with Gasteiger partial charge in [0.1, 0.15) is 5.76 Å². The lowest BCUT2D eigenvalue weighted by atomic mass is 10.4. The summed E-state index contributed by atoms with van der Waals surface area (Å²) in [7, 11) is 0. The molecule has 0 saturated carbocycles. The normalized spacial score (nSPS) is 9.42. The van der Waals surface area contributed by atoms with Gasteiger partial charge in [0.15, 0.2) is 0 Å². The molecule has 0 aliphatic carbocycles. The third-order valence-corrected chi connectivity index (χ3v) is 1.35. The molecular weight excluding hydrogens is 156 g/mol. The number of rotatable bonds is 3. The summed E-state index contributed by atoms with van der Waals surface area (Å²) in [5, 5.41) is 0. The van der Waals surface area contributed by atoms with Crippen LogP contribution >= 0.6 is 0 Å². The molecule has 1 rings (SSSR count). The van der Waals surface area contributed by atoms with Crippen LogP contribution in [0, 0.1) is 0 Å². The number of carbonyl (C=O) groups excluding carboxylic acids is 1. The van der Waals surface area contributed by atoms with Gasteiger partial charge in [-0.1, -0.05) is 13.5 Å². The SMILES string of the molecule is C=C(CC)OC(=O)c1ccco1. The first-order valence-electron chi connectivity index (χ1n) is 3.67. The molecule has 0 radical (unpaired) electrons. The number of allylic oxidation sites excluding steroid dienone is 1. The highest BCUT2D eigenvalue weighted by atomic mass is 16.5. The molecule has 0 amide bonds. The first-order valence-corrected chi connectivity index (χ1v) is 3.67. The largest absolute Gasteiger partial charge is 0.457 e. The lowest BCUT2D eigenvalue weighted by Crippen LogP contribution is -2.02. The van der Waals surface area contributed by atoms with Gasteiger partial charge in [-0.2, -0.15) is 0 Å². The van der Waals surface area contributed by atoms with Crippen molar-refractivity contribution in [3.63, 3.8) is 0 Å². The highest BCUT2D eigenvalue weighted by molar-refractivity contribution is 5.86. The molecule has 0 saturated heterocycles. The molecule has 0 N–H and O–H groups in total. The van der Waals surface area contributed by atoms with Crippen LogP contribution in [-0.2, 0) is 4.74 Å². The van der Waals surface area contributed by atoms with E-state index in [1.165, 1.54) is 6.26 Å². The number of furan rings is 1. The molecule has 1 aromatic rings. The Morgan fingerprint density at radius 1 is 1.75 bits per heavy atom. The van der Waals surface area contributed by atoms with Gasteiger partial charge in [0.25, 0.3) is 0 Å². The first kappa shape index (κ1) is 8.59. The average molecular weight is 166 g/mol. The number of carbonyl (C=O) groups is 1. The summed E-state index contributed by atoms with van der Waals surface area (Å²) in [4.78, 5) is 11.1. The molecule has 0 aromatic carbocycles. The number of esters is 1. The summed E-state index contributed by atoms with van der Waals surface area (Å²) in [5.41, 5.74) is 0. The maximum Gasteiger partial charge on any atom is 0.379 e. The first-order chi connectivity index (χ1) is 5.74. The van der Waals surface area contributed by atoms with Gasteiger partial charge in [-0.05, 0) is 12.1 Å². The Balaban J connectivity index is 2.56. The molecule has 0 atom stereocenters. The van der Waals surface area contributed by atoms with Crippen LogP contribution in [0.5, 0.6) is 0 Å². The average Bonchev–Trinajstić information content (AvgIpc) is 2.56. The van der Waals surface area contributed by atoms with Crippen molar-refractivity contribution in [2.24, 2.45) is 0 Å². The van der Waals surface area contributed by atoms with Crippen LogP contribution in [0.15, 0.2) is 35.2 Å². The van der Waals surface area contributed by atoms with Gasteiger partial charge in [-0.3, -0.25) is 0 Å². The van der Waals surface area contributed by atoms with Crippen molar-refractivity contribution >= 4 is 5.97 Å². The second kappa shape index (κ2) is 3.76. The number of hydrogen-bond donors (Lipinski definition) is 0. The fourth-order valence-corrected chi connectivity index (χ4v) is 0.648. The molecule has 0 spiro atoms. The van der Waals surface area contributed by atoms with Crippen molar-refractivity contribution in [3.8, 4) is 0 Å². The minimum atomic E-state index is -0.494. The van der Waals surface area contributed by atoms with E-state index < -0.39 is 5.97 Å². The van der Waals surface area contributed by atoms with Crippen molar-refractivity contribution in [2.45, 2.75) is 13.3 Å². The Morgan fingerprint density at radius 3 is 3.00 bits per heavy atom. The topological polar surface area (TPSA) is 39.4 Å². The smallest absolute Gasteiger partial charge is 0.379 e. The Kier molecular flexibility index (Phi) is 2.69.